The van der Waals surface area contributed by atoms with Crippen LogP contribution in [0.5, 0.6) is 28.7 Å². The minimum atomic E-state index is -0.449. The van der Waals surface area contributed by atoms with Crippen molar-refractivity contribution in [2.45, 2.75) is 6.92 Å². The van der Waals surface area contributed by atoms with Crippen LogP contribution in [0.3, 0.4) is 0 Å². The molecule has 27 heavy (non-hydrogen) atoms. The fraction of sp³-hybridized carbons (Fsp3) is 0.263. The monoisotopic (exact) mass is 373 g/mol. The highest BCUT2D eigenvalue weighted by Gasteiger charge is 2.22. The van der Waals surface area contributed by atoms with E-state index in [1.165, 1.54) is 40.4 Å². The molecule has 0 bridgehead atoms. The molecular weight excluding hydrogens is 354 g/mol. The summed E-state index contributed by atoms with van der Waals surface area (Å²) < 4.78 is 26.4. The van der Waals surface area contributed by atoms with Crippen molar-refractivity contribution in [1.82, 2.24) is 0 Å². The topological polar surface area (TPSA) is 92.3 Å². The average Bonchev–Trinajstić information content (AvgIpc) is 3.13. The quantitative estimate of drug-likeness (QED) is 0.778. The van der Waals surface area contributed by atoms with Crippen LogP contribution in [0.15, 0.2) is 24.3 Å². The van der Waals surface area contributed by atoms with Crippen molar-refractivity contribution >= 4 is 17.4 Å². The highest BCUT2D eigenvalue weighted by Crippen LogP contribution is 2.39. The minimum Gasteiger partial charge on any atom is -0.493 e. The first-order valence-corrected chi connectivity index (χ1v) is 8.04. The number of amides is 1. The molecule has 0 fully saturated rings. The lowest BCUT2D eigenvalue weighted by atomic mass is 10.1. The van der Waals surface area contributed by atoms with Gasteiger partial charge in [-0.05, 0) is 25.1 Å². The van der Waals surface area contributed by atoms with E-state index < -0.39 is 5.91 Å². The molecule has 0 aliphatic carbocycles. The maximum absolute atomic E-state index is 12.8. The van der Waals surface area contributed by atoms with Crippen molar-refractivity contribution in [3.8, 4) is 28.7 Å². The van der Waals surface area contributed by atoms with Gasteiger partial charge in [0.1, 0.15) is 0 Å². The number of hydrogen-bond donors (Lipinski definition) is 1. The van der Waals surface area contributed by atoms with Gasteiger partial charge in [-0.25, -0.2) is 0 Å². The molecule has 0 aromatic heterocycles. The Kier molecular flexibility index (Phi) is 5.07. The number of anilines is 1. The van der Waals surface area contributed by atoms with Gasteiger partial charge in [0.05, 0.1) is 27.0 Å². The highest BCUT2D eigenvalue weighted by molar-refractivity contribution is 6.10. The van der Waals surface area contributed by atoms with Gasteiger partial charge in [0.25, 0.3) is 5.91 Å². The van der Waals surface area contributed by atoms with Crippen LogP contribution in [-0.2, 0) is 0 Å². The van der Waals surface area contributed by atoms with Gasteiger partial charge in [0.15, 0.2) is 28.8 Å². The zero-order valence-corrected chi connectivity index (χ0v) is 15.4. The minimum absolute atomic E-state index is 0.0664. The van der Waals surface area contributed by atoms with Gasteiger partial charge in [-0.3, -0.25) is 9.59 Å². The van der Waals surface area contributed by atoms with Crippen molar-refractivity contribution in [3.05, 3.63) is 35.4 Å². The van der Waals surface area contributed by atoms with Crippen LogP contribution < -0.4 is 29.0 Å². The van der Waals surface area contributed by atoms with E-state index in [9.17, 15) is 9.59 Å². The molecule has 1 N–H and O–H groups in total. The molecule has 8 nitrogen and oxygen atoms in total. The second-order valence-electron chi connectivity index (χ2n) is 5.68. The number of carbonyl (C=O) groups excluding carboxylic acids is 2. The molecule has 0 saturated carbocycles. The number of benzene rings is 2. The maximum atomic E-state index is 12.8. The molecule has 0 saturated heterocycles. The fourth-order valence-electron chi connectivity index (χ4n) is 2.74. The summed E-state index contributed by atoms with van der Waals surface area (Å²) >= 11 is 0. The fourth-order valence-corrected chi connectivity index (χ4v) is 2.74. The first-order chi connectivity index (χ1) is 13.0. The van der Waals surface area contributed by atoms with Crippen LogP contribution >= 0.6 is 0 Å². The van der Waals surface area contributed by atoms with E-state index in [4.69, 9.17) is 23.7 Å². The number of ketones is 1. The van der Waals surface area contributed by atoms with E-state index in [0.29, 0.717) is 40.0 Å². The normalized spacial score (nSPS) is 11.7. The van der Waals surface area contributed by atoms with E-state index in [1.54, 1.807) is 12.1 Å². The molecule has 0 atom stereocenters. The Morgan fingerprint density at radius 1 is 0.926 bits per heavy atom. The molecular formula is C19H19NO7. The third-order valence-corrected chi connectivity index (χ3v) is 4.07. The zero-order chi connectivity index (χ0) is 19.6. The molecule has 1 amide bonds. The Morgan fingerprint density at radius 2 is 1.52 bits per heavy atom. The number of Topliss-reactive ketones (excluding diaryl/α,β-unsaturated/α-hetero) is 1. The van der Waals surface area contributed by atoms with Gasteiger partial charge in [0.2, 0.25) is 12.5 Å². The first-order valence-electron chi connectivity index (χ1n) is 8.04. The molecule has 8 heteroatoms. The zero-order valence-electron chi connectivity index (χ0n) is 15.4. The summed E-state index contributed by atoms with van der Waals surface area (Å²) in [6.07, 6.45) is 0. The molecule has 1 aliphatic rings. The standard InChI is InChI=1S/C19H19NO7/c1-10(21)12-7-14-15(27-9-26-14)8-13(12)20-19(22)11-5-16(23-2)18(25-4)17(6-11)24-3/h5-8H,9H2,1-4H3,(H,20,22). The number of fused-ring (bicyclic) bond motifs is 1. The van der Waals surface area contributed by atoms with Gasteiger partial charge in [-0.15, -0.1) is 0 Å². The summed E-state index contributed by atoms with van der Waals surface area (Å²) in [5, 5.41) is 2.73. The van der Waals surface area contributed by atoms with E-state index in [-0.39, 0.29) is 18.1 Å². The van der Waals surface area contributed by atoms with Gasteiger partial charge < -0.3 is 29.0 Å². The molecule has 2 aromatic rings. The Balaban J connectivity index is 1.98. The van der Waals surface area contributed by atoms with Crippen LogP contribution in [0.25, 0.3) is 0 Å². The maximum Gasteiger partial charge on any atom is 0.255 e. The molecule has 0 unspecified atom stereocenters. The number of nitrogens with one attached hydrogen (secondary N) is 1. The third-order valence-electron chi connectivity index (χ3n) is 4.07. The Bertz CT molecular complexity index is 882. The van der Waals surface area contributed by atoms with Crippen LogP contribution in [0.2, 0.25) is 0 Å². The predicted molar refractivity (Wildman–Crippen MR) is 96.6 cm³/mol. The average molecular weight is 373 g/mol. The van der Waals surface area contributed by atoms with Crippen molar-refractivity contribution < 1.29 is 33.3 Å². The lowest BCUT2D eigenvalue weighted by molar-refractivity contribution is 0.101. The SMILES string of the molecule is COc1cc(C(=O)Nc2cc3c(cc2C(C)=O)OCO3)cc(OC)c1OC. The van der Waals surface area contributed by atoms with Gasteiger partial charge in [-0.2, -0.15) is 0 Å². The summed E-state index contributed by atoms with van der Waals surface area (Å²) in [5.74, 6) is 1.33. The second kappa shape index (κ2) is 7.45. The lowest BCUT2D eigenvalue weighted by Gasteiger charge is -2.15. The number of methoxy groups -OCH3 is 3. The van der Waals surface area contributed by atoms with Crippen molar-refractivity contribution in [3.63, 3.8) is 0 Å². The summed E-state index contributed by atoms with van der Waals surface area (Å²) in [7, 11) is 4.40. The first kappa shape index (κ1) is 18.4. The molecule has 2 aromatic carbocycles. The molecule has 3 rings (SSSR count). The van der Waals surface area contributed by atoms with Crippen molar-refractivity contribution in [2.75, 3.05) is 33.4 Å². The predicted octanol–water partition coefficient (Wildman–Crippen LogP) is 2.90. The molecule has 142 valence electrons. The second-order valence-corrected chi connectivity index (χ2v) is 5.68. The van der Waals surface area contributed by atoms with Crippen molar-refractivity contribution in [2.24, 2.45) is 0 Å². The Labute approximate surface area is 155 Å². The molecule has 0 spiro atoms. The van der Waals surface area contributed by atoms with E-state index in [2.05, 4.69) is 5.32 Å². The largest absolute Gasteiger partial charge is 0.493 e. The summed E-state index contributed by atoms with van der Waals surface area (Å²) in [6.45, 7) is 1.48. The number of carbonyl (C=O) groups is 2. The molecule has 1 heterocycles. The van der Waals surface area contributed by atoms with Crippen molar-refractivity contribution in [1.29, 1.82) is 0 Å². The highest BCUT2D eigenvalue weighted by atomic mass is 16.7. The van der Waals surface area contributed by atoms with Gasteiger partial charge >= 0.3 is 0 Å². The summed E-state index contributed by atoms with van der Waals surface area (Å²) in [6, 6.07) is 6.17. The summed E-state index contributed by atoms with van der Waals surface area (Å²) in [4.78, 5) is 24.7. The smallest absolute Gasteiger partial charge is 0.255 e. The van der Waals surface area contributed by atoms with Gasteiger partial charge in [-0.1, -0.05) is 0 Å². The van der Waals surface area contributed by atoms with Gasteiger partial charge in [0, 0.05) is 17.2 Å². The summed E-state index contributed by atoms with van der Waals surface area (Å²) in [5.41, 5.74) is 0.919. The van der Waals surface area contributed by atoms with E-state index >= 15 is 0 Å². The van der Waals surface area contributed by atoms with E-state index in [0.717, 1.165) is 0 Å². The number of ether oxygens (including phenoxy) is 5. The Morgan fingerprint density at radius 3 is 2.04 bits per heavy atom. The van der Waals surface area contributed by atoms with Crippen LogP contribution in [0.1, 0.15) is 27.6 Å². The van der Waals surface area contributed by atoms with Crippen LogP contribution in [0.4, 0.5) is 5.69 Å². The molecule has 0 radical (unpaired) electrons. The van der Waals surface area contributed by atoms with Crippen LogP contribution in [0, 0.1) is 0 Å². The number of rotatable bonds is 6. The third kappa shape index (κ3) is 3.46. The lowest BCUT2D eigenvalue weighted by Crippen LogP contribution is -2.15. The number of hydrogen-bond acceptors (Lipinski definition) is 7. The Hall–Kier alpha value is -3.42. The van der Waals surface area contributed by atoms with E-state index in [1.807, 2.05) is 0 Å². The van der Waals surface area contributed by atoms with Crippen LogP contribution in [-0.4, -0.2) is 39.8 Å². The molecule has 1 aliphatic heterocycles.